The summed E-state index contributed by atoms with van der Waals surface area (Å²) in [6.45, 7) is 5.45. The van der Waals surface area contributed by atoms with Gasteiger partial charge in [0.2, 0.25) is 0 Å². The maximum atomic E-state index is 13.2. The van der Waals surface area contributed by atoms with Crippen molar-refractivity contribution in [3.05, 3.63) is 84.2 Å². The molecule has 0 aliphatic heterocycles. The van der Waals surface area contributed by atoms with Crippen LogP contribution in [-0.4, -0.2) is 36.1 Å². The number of hydrogen-bond donors (Lipinski definition) is 1. The lowest BCUT2D eigenvalue weighted by Gasteiger charge is -2.30. The van der Waals surface area contributed by atoms with Crippen LogP contribution in [0.25, 0.3) is 11.1 Å². The molecule has 3 aromatic rings. The molecule has 31 heavy (non-hydrogen) atoms. The third-order valence-electron chi connectivity index (χ3n) is 5.35. The number of rotatable bonds is 9. The van der Waals surface area contributed by atoms with E-state index in [1.807, 2.05) is 30.0 Å². The summed E-state index contributed by atoms with van der Waals surface area (Å²) in [6, 6.07) is 22.8. The van der Waals surface area contributed by atoms with E-state index in [4.69, 9.17) is 0 Å². The lowest BCUT2D eigenvalue weighted by molar-refractivity contribution is 0.201. The van der Waals surface area contributed by atoms with E-state index in [9.17, 15) is 4.79 Å². The molecule has 5 nitrogen and oxygen atoms in total. The predicted molar refractivity (Wildman–Crippen MR) is 128 cm³/mol. The van der Waals surface area contributed by atoms with Gasteiger partial charge in [-0.1, -0.05) is 61.5 Å². The van der Waals surface area contributed by atoms with Crippen molar-refractivity contribution in [2.45, 2.75) is 33.1 Å². The fraction of sp³-hybridized carbons (Fsp3) is 0.308. The first-order chi connectivity index (χ1) is 15.1. The van der Waals surface area contributed by atoms with Crippen molar-refractivity contribution in [3.8, 4) is 11.1 Å². The Kier molecular flexibility index (Phi) is 8.19. The Bertz CT molecular complexity index is 957. The highest BCUT2D eigenvalue weighted by molar-refractivity contribution is 5.91. The van der Waals surface area contributed by atoms with Crippen molar-refractivity contribution in [2.75, 3.05) is 25.1 Å². The Labute approximate surface area is 185 Å². The molecule has 0 aliphatic carbocycles. The maximum absolute atomic E-state index is 13.2. The van der Waals surface area contributed by atoms with Crippen molar-refractivity contribution in [3.63, 3.8) is 0 Å². The Balaban J connectivity index is 1.61. The molecule has 1 heterocycles. The molecule has 0 radical (unpaired) electrons. The number of hydrazine groups is 1. The van der Waals surface area contributed by atoms with Crippen LogP contribution >= 0.6 is 0 Å². The van der Waals surface area contributed by atoms with E-state index in [0.29, 0.717) is 6.54 Å². The molecule has 0 fully saturated rings. The number of benzene rings is 2. The number of nitrogens with one attached hydrogen (secondary N) is 1. The van der Waals surface area contributed by atoms with E-state index in [2.05, 4.69) is 65.9 Å². The Morgan fingerprint density at radius 1 is 0.935 bits per heavy atom. The van der Waals surface area contributed by atoms with E-state index in [-0.39, 0.29) is 6.03 Å². The molecule has 5 heteroatoms. The zero-order chi connectivity index (χ0) is 22.1. The Morgan fingerprint density at radius 3 is 2.29 bits per heavy atom. The number of urea groups is 1. The molecule has 0 saturated carbocycles. The maximum Gasteiger partial charge on any atom is 0.339 e. The summed E-state index contributed by atoms with van der Waals surface area (Å²) in [5.74, 6) is 0. The van der Waals surface area contributed by atoms with Crippen molar-refractivity contribution >= 4 is 11.7 Å². The van der Waals surface area contributed by atoms with Gasteiger partial charge in [-0.2, -0.15) is 0 Å². The zero-order valence-corrected chi connectivity index (χ0v) is 18.7. The number of carbonyl (C=O) groups excluding carboxylic acids is 1. The lowest BCUT2D eigenvalue weighted by atomic mass is 10.0. The van der Waals surface area contributed by atoms with Crippen LogP contribution in [0.3, 0.4) is 0 Å². The molecule has 0 saturated heterocycles. The average Bonchev–Trinajstić information content (AvgIpc) is 2.81. The third kappa shape index (κ3) is 5.92. The van der Waals surface area contributed by atoms with E-state index >= 15 is 0 Å². The number of amides is 2. The van der Waals surface area contributed by atoms with E-state index < -0.39 is 0 Å². The van der Waals surface area contributed by atoms with Gasteiger partial charge in [-0.3, -0.25) is 4.98 Å². The molecule has 0 aliphatic rings. The van der Waals surface area contributed by atoms with Crippen molar-refractivity contribution in [2.24, 2.45) is 0 Å². The summed E-state index contributed by atoms with van der Waals surface area (Å²) in [5, 5.41) is 1.59. The molecule has 0 bridgehead atoms. The van der Waals surface area contributed by atoms with Crippen LogP contribution in [0, 0.1) is 6.92 Å². The number of aryl methyl sites for hydroxylation is 2. The number of carbonyl (C=O) groups is 1. The average molecular weight is 417 g/mol. The van der Waals surface area contributed by atoms with E-state index in [1.165, 1.54) is 16.7 Å². The summed E-state index contributed by atoms with van der Waals surface area (Å²) >= 11 is 0. The molecule has 0 unspecified atom stereocenters. The van der Waals surface area contributed by atoms with Gasteiger partial charge in [0, 0.05) is 26.3 Å². The first-order valence-corrected chi connectivity index (χ1v) is 11.0. The van der Waals surface area contributed by atoms with Crippen LogP contribution in [0.15, 0.2) is 72.9 Å². The minimum Gasteiger partial charge on any atom is -0.323 e. The summed E-state index contributed by atoms with van der Waals surface area (Å²) in [4.78, 5) is 19.5. The second kappa shape index (κ2) is 11.3. The van der Waals surface area contributed by atoms with Gasteiger partial charge in [-0.05, 0) is 55.0 Å². The van der Waals surface area contributed by atoms with E-state index in [0.717, 1.165) is 37.2 Å². The molecule has 2 aromatic carbocycles. The molecule has 2 amide bonds. The van der Waals surface area contributed by atoms with Crippen LogP contribution < -0.4 is 10.4 Å². The van der Waals surface area contributed by atoms with Crippen LogP contribution in [0.5, 0.6) is 0 Å². The smallest absolute Gasteiger partial charge is 0.323 e. The number of nitrogens with zero attached hydrogens (tertiary/aromatic N) is 3. The SMILES string of the molecule is CCCN(CCCc1ccc(-c2ccccc2)cc1)C(=O)N(NC)c1cccnc1C. The van der Waals surface area contributed by atoms with Gasteiger partial charge in [0.05, 0.1) is 11.4 Å². The van der Waals surface area contributed by atoms with E-state index in [1.54, 1.807) is 18.3 Å². The fourth-order valence-electron chi connectivity index (χ4n) is 3.71. The van der Waals surface area contributed by atoms with Crippen molar-refractivity contribution in [1.29, 1.82) is 0 Å². The summed E-state index contributed by atoms with van der Waals surface area (Å²) < 4.78 is 0. The Hall–Kier alpha value is -3.18. The molecule has 1 N–H and O–H groups in total. The molecule has 0 atom stereocenters. The highest BCUT2D eigenvalue weighted by Gasteiger charge is 2.22. The highest BCUT2D eigenvalue weighted by atomic mass is 16.2. The third-order valence-corrected chi connectivity index (χ3v) is 5.35. The molecule has 3 rings (SSSR count). The summed E-state index contributed by atoms with van der Waals surface area (Å²) in [5.41, 5.74) is 8.38. The first kappa shape index (κ1) is 22.5. The first-order valence-electron chi connectivity index (χ1n) is 11.0. The largest absolute Gasteiger partial charge is 0.339 e. The summed E-state index contributed by atoms with van der Waals surface area (Å²) in [6.07, 6.45) is 4.51. The van der Waals surface area contributed by atoms with Gasteiger partial charge in [0.25, 0.3) is 0 Å². The number of hydrogen-bond acceptors (Lipinski definition) is 3. The molecule has 162 valence electrons. The Morgan fingerprint density at radius 2 is 1.65 bits per heavy atom. The topological polar surface area (TPSA) is 48.5 Å². The molecule has 1 aromatic heterocycles. The molecular weight excluding hydrogens is 384 g/mol. The monoisotopic (exact) mass is 416 g/mol. The highest BCUT2D eigenvalue weighted by Crippen LogP contribution is 2.20. The summed E-state index contributed by atoms with van der Waals surface area (Å²) in [7, 11) is 1.77. The second-order valence-electron chi connectivity index (χ2n) is 7.60. The van der Waals surface area contributed by atoms with Crippen molar-refractivity contribution in [1.82, 2.24) is 15.3 Å². The normalized spacial score (nSPS) is 10.7. The number of anilines is 1. The standard InChI is InChI=1S/C26H32N4O/c1-4-19-29(26(31)30(27-3)25-13-8-18-28-21(25)2)20-9-10-22-14-16-24(17-15-22)23-11-6-5-7-12-23/h5-8,11-18,27H,4,9-10,19-20H2,1-3H3. The van der Waals surface area contributed by atoms with Gasteiger partial charge in [-0.15, -0.1) is 0 Å². The molecular formula is C26H32N4O. The predicted octanol–water partition coefficient (Wildman–Crippen LogP) is 5.46. The van der Waals surface area contributed by atoms with Crippen molar-refractivity contribution < 1.29 is 4.79 Å². The van der Waals surface area contributed by atoms with Crippen LogP contribution in [0.1, 0.15) is 31.0 Å². The minimum absolute atomic E-state index is 0.0418. The van der Waals surface area contributed by atoms with Crippen LogP contribution in [0.2, 0.25) is 0 Å². The quantitative estimate of drug-likeness (QED) is 0.471. The minimum atomic E-state index is -0.0418. The number of pyridine rings is 1. The zero-order valence-electron chi connectivity index (χ0n) is 18.7. The lowest BCUT2D eigenvalue weighted by Crippen LogP contribution is -2.50. The molecule has 0 spiro atoms. The van der Waals surface area contributed by atoms with Gasteiger partial charge >= 0.3 is 6.03 Å². The number of aromatic nitrogens is 1. The van der Waals surface area contributed by atoms with Crippen LogP contribution in [0.4, 0.5) is 10.5 Å². The van der Waals surface area contributed by atoms with Gasteiger partial charge in [0.1, 0.15) is 0 Å². The fourth-order valence-corrected chi connectivity index (χ4v) is 3.71. The second-order valence-corrected chi connectivity index (χ2v) is 7.60. The van der Waals surface area contributed by atoms with Gasteiger partial charge < -0.3 is 4.90 Å². The van der Waals surface area contributed by atoms with Crippen LogP contribution in [-0.2, 0) is 6.42 Å². The van der Waals surface area contributed by atoms with Gasteiger partial charge in [0.15, 0.2) is 0 Å². The van der Waals surface area contributed by atoms with Gasteiger partial charge in [-0.25, -0.2) is 15.2 Å².